The maximum Gasteiger partial charge on any atom is 0.303 e. The average Bonchev–Trinajstić information content (AvgIpc) is 2.45. The molecule has 0 saturated heterocycles. The molecular weight excluding hydrogens is 290 g/mol. The number of hydrogen-bond donors (Lipinski definition) is 2. The highest BCUT2D eigenvalue weighted by Crippen LogP contribution is 2.14. The van der Waals surface area contributed by atoms with Gasteiger partial charge in [-0.05, 0) is 37.0 Å². The molecule has 0 aliphatic carbocycles. The van der Waals surface area contributed by atoms with Gasteiger partial charge in [0.2, 0.25) is 10.0 Å². The molecule has 21 heavy (non-hydrogen) atoms. The Morgan fingerprint density at radius 2 is 1.86 bits per heavy atom. The average molecular weight is 313 g/mol. The maximum absolute atomic E-state index is 12.2. The van der Waals surface area contributed by atoms with Crippen LogP contribution in [0, 0.1) is 0 Å². The van der Waals surface area contributed by atoms with Crippen molar-refractivity contribution in [3.05, 3.63) is 29.8 Å². The first-order valence-electron chi connectivity index (χ1n) is 7.22. The zero-order valence-electron chi connectivity index (χ0n) is 12.5. The van der Waals surface area contributed by atoms with E-state index in [2.05, 4.69) is 4.72 Å². The summed E-state index contributed by atoms with van der Waals surface area (Å²) in [4.78, 5) is 10.7. The molecule has 0 bridgehead atoms. The van der Waals surface area contributed by atoms with Crippen LogP contribution in [0.1, 0.15) is 45.1 Å². The highest BCUT2D eigenvalue weighted by Gasteiger charge is 2.18. The van der Waals surface area contributed by atoms with Gasteiger partial charge in [-0.2, -0.15) is 0 Å². The largest absolute Gasteiger partial charge is 0.481 e. The minimum absolute atomic E-state index is 0.0404. The molecule has 0 saturated carbocycles. The van der Waals surface area contributed by atoms with E-state index in [0.717, 1.165) is 24.8 Å². The van der Waals surface area contributed by atoms with Crippen LogP contribution in [0.5, 0.6) is 0 Å². The van der Waals surface area contributed by atoms with Crippen molar-refractivity contribution in [1.82, 2.24) is 4.72 Å². The van der Waals surface area contributed by atoms with Gasteiger partial charge in [-0.1, -0.05) is 32.4 Å². The first kappa shape index (κ1) is 17.7. The van der Waals surface area contributed by atoms with Gasteiger partial charge >= 0.3 is 5.97 Å². The molecule has 1 aromatic carbocycles. The summed E-state index contributed by atoms with van der Waals surface area (Å²) in [6.07, 6.45) is 2.93. The lowest BCUT2D eigenvalue weighted by atomic mass is 10.1. The Hall–Kier alpha value is -1.40. The number of benzene rings is 1. The van der Waals surface area contributed by atoms with Gasteiger partial charge in [0, 0.05) is 12.5 Å². The van der Waals surface area contributed by atoms with Crippen molar-refractivity contribution >= 4 is 16.0 Å². The van der Waals surface area contributed by atoms with Gasteiger partial charge in [0.25, 0.3) is 0 Å². The SMILES string of the molecule is CCCC(CC)NS(=O)(=O)c1ccc(CCC(=O)O)cc1. The summed E-state index contributed by atoms with van der Waals surface area (Å²) in [5.74, 6) is -0.862. The van der Waals surface area contributed by atoms with E-state index in [1.54, 1.807) is 12.1 Å². The molecular formula is C15H23NO4S. The number of hydrogen-bond acceptors (Lipinski definition) is 3. The summed E-state index contributed by atoms with van der Waals surface area (Å²) in [5, 5.41) is 8.63. The monoisotopic (exact) mass is 313 g/mol. The standard InChI is InChI=1S/C15H23NO4S/c1-3-5-13(4-2)16-21(19,20)14-9-6-12(7-10-14)8-11-15(17)18/h6-7,9-10,13,16H,3-5,8,11H2,1-2H3,(H,17,18). The van der Waals surface area contributed by atoms with E-state index in [1.807, 2.05) is 13.8 Å². The summed E-state index contributed by atoms with van der Waals surface area (Å²) in [6.45, 7) is 3.98. The predicted octanol–water partition coefficient (Wildman–Crippen LogP) is 2.56. The van der Waals surface area contributed by atoms with Crippen LogP contribution in [0.15, 0.2) is 29.2 Å². The third-order valence-corrected chi connectivity index (χ3v) is 4.85. The van der Waals surface area contributed by atoms with E-state index in [-0.39, 0.29) is 17.4 Å². The Bertz CT molecular complexity index is 552. The van der Waals surface area contributed by atoms with Crippen LogP contribution in [0.25, 0.3) is 0 Å². The van der Waals surface area contributed by atoms with Crippen LogP contribution in [0.3, 0.4) is 0 Å². The number of aliphatic carboxylic acids is 1. The Morgan fingerprint density at radius 3 is 2.33 bits per heavy atom. The fourth-order valence-corrected chi connectivity index (χ4v) is 3.42. The lowest BCUT2D eigenvalue weighted by molar-refractivity contribution is -0.136. The van der Waals surface area contributed by atoms with Gasteiger partial charge in [0.05, 0.1) is 4.90 Å². The molecule has 1 atom stereocenters. The summed E-state index contributed by atoms with van der Waals surface area (Å²) in [6, 6.07) is 6.33. The Kier molecular flexibility index (Phi) is 6.84. The van der Waals surface area contributed by atoms with Crippen LogP contribution >= 0.6 is 0 Å². The zero-order chi connectivity index (χ0) is 15.9. The van der Waals surface area contributed by atoms with E-state index >= 15 is 0 Å². The van der Waals surface area contributed by atoms with Crippen molar-refractivity contribution in [3.8, 4) is 0 Å². The van der Waals surface area contributed by atoms with E-state index < -0.39 is 16.0 Å². The predicted molar refractivity (Wildman–Crippen MR) is 81.7 cm³/mol. The minimum atomic E-state index is -3.51. The van der Waals surface area contributed by atoms with Gasteiger partial charge in [-0.25, -0.2) is 13.1 Å². The van der Waals surface area contributed by atoms with Gasteiger partial charge < -0.3 is 5.11 Å². The van der Waals surface area contributed by atoms with Gasteiger partial charge in [0.1, 0.15) is 0 Å². The van der Waals surface area contributed by atoms with Crippen molar-refractivity contribution in [2.24, 2.45) is 0 Å². The number of carboxylic acids is 1. The number of rotatable bonds is 9. The Balaban J connectivity index is 2.77. The fraction of sp³-hybridized carbons (Fsp3) is 0.533. The van der Waals surface area contributed by atoms with Crippen molar-refractivity contribution in [1.29, 1.82) is 0 Å². The van der Waals surface area contributed by atoms with E-state index in [0.29, 0.717) is 6.42 Å². The summed E-state index contributed by atoms with van der Waals surface area (Å²) >= 11 is 0. The second-order valence-corrected chi connectivity index (χ2v) is 6.77. The first-order valence-corrected chi connectivity index (χ1v) is 8.70. The maximum atomic E-state index is 12.2. The second kappa shape index (κ2) is 8.14. The minimum Gasteiger partial charge on any atom is -0.481 e. The van der Waals surface area contributed by atoms with Crippen molar-refractivity contribution in [2.45, 2.75) is 56.9 Å². The molecule has 0 aromatic heterocycles. The third kappa shape index (κ3) is 5.85. The van der Waals surface area contributed by atoms with Crippen LogP contribution in [-0.2, 0) is 21.2 Å². The summed E-state index contributed by atoms with van der Waals surface area (Å²) in [5.41, 5.74) is 0.817. The lowest BCUT2D eigenvalue weighted by Gasteiger charge is -2.16. The molecule has 0 amide bonds. The van der Waals surface area contributed by atoms with Crippen molar-refractivity contribution in [2.75, 3.05) is 0 Å². The molecule has 1 rings (SSSR count). The van der Waals surface area contributed by atoms with Crippen LogP contribution in [0.4, 0.5) is 0 Å². The highest BCUT2D eigenvalue weighted by molar-refractivity contribution is 7.89. The Morgan fingerprint density at radius 1 is 1.24 bits per heavy atom. The molecule has 0 spiro atoms. The lowest BCUT2D eigenvalue weighted by Crippen LogP contribution is -2.34. The van der Waals surface area contributed by atoms with E-state index in [1.165, 1.54) is 12.1 Å². The van der Waals surface area contributed by atoms with Crippen LogP contribution in [0.2, 0.25) is 0 Å². The zero-order valence-corrected chi connectivity index (χ0v) is 13.3. The molecule has 1 unspecified atom stereocenters. The van der Waals surface area contributed by atoms with Gasteiger partial charge in [-0.15, -0.1) is 0 Å². The highest BCUT2D eigenvalue weighted by atomic mass is 32.2. The molecule has 1 aromatic rings. The third-order valence-electron chi connectivity index (χ3n) is 3.31. The topological polar surface area (TPSA) is 83.5 Å². The number of carboxylic acid groups (broad SMARTS) is 1. The van der Waals surface area contributed by atoms with Gasteiger partial charge in [0.15, 0.2) is 0 Å². The van der Waals surface area contributed by atoms with Crippen LogP contribution in [-0.4, -0.2) is 25.5 Å². The second-order valence-electron chi connectivity index (χ2n) is 5.05. The molecule has 0 aliphatic rings. The van der Waals surface area contributed by atoms with Crippen LogP contribution < -0.4 is 4.72 Å². The quantitative estimate of drug-likeness (QED) is 0.734. The van der Waals surface area contributed by atoms with E-state index in [4.69, 9.17) is 5.11 Å². The summed E-state index contributed by atoms with van der Waals surface area (Å²) < 4.78 is 27.2. The smallest absolute Gasteiger partial charge is 0.303 e. The normalized spacial score (nSPS) is 13.0. The summed E-state index contributed by atoms with van der Waals surface area (Å²) in [7, 11) is -3.51. The molecule has 118 valence electrons. The molecule has 6 heteroatoms. The van der Waals surface area contributed by atoms with E-state index in [9.17, 15) is 13.2 Å². The Labute approximate surface area is 126 Å². The number of nitrogens with one attached hydrogen (secondary N) is 1. The molecule has 2 N–H and O–H groups in total. The number of aryl methyl sites for hydroxylation is 1. The molecule has 0 radical (unpaired) electrons. The first-order chi connectivity index (χ1) is 9.89. The molecule has 5 nitrogen and oxygen atoms in total. The van der Waals surface area contributed by atoms with Crippen molar-refractivity contribution < 1.29 is 18.3 Å². The number of sulfonamides is 1. The fourth-order valence-electron chi connectivity index (χ4n) is 2.07. The van der Waals surface area contributed by atoms with Crippen molar-refractivity contribution in [3.63, 3.8) is 0 Å². The molecule has 0 heterocycles. The van der Waals surface area contributed by atoms with Gasteiger partial charge in [-0.3, -0.25) is 4.79 Å². The molecule has 0 fully saturated rings. The number of carbonyl (C=O) groups is 1. The molecule has 0 aliphatic heterocycles.